The highest BCUT2D eigenvalue weighted by Crippen LogP contribution is 2.28. The maximum Gasteiger partial charge on any atom is 0.374 e. The minimum absolute atomic E-state index is 0.166. The van der Waals surface area contributed by atoms with E-state index in [-0.39, 0.29) is 10.9 Å². The fourth-order valence-corrected chi connectivity index (χ4v) is 2.30. The summed E-state index contributed by atoms with van der Waals surface area (Å²) in [6.45, 7) is 0. The van der Waals surface area contributed by atoms with Gasteiger partial charge in [-0.15, -0.1) is 0 Å². The van der Waals surface area contributed by atoms with E-state index in [2.05, 4.69) is 36.6 Å². The average molecular weight is 354 g/mol. The summed E-state index contributed by atoms with van der Waals surface area (Å²) in [6.07, 6.45) is -0.217. The number of ketones is 1. The molecule has 0 aliphatic heterocycles. The number of methoxy groups -OCH3 is 1. The third-order valence-electron chi connectivity index (χ3n) is 1.89. The maximum absolute atomic E-state index is 13.2. The molecule has 0 spiro atoms. The molecule has 6 heteroatoms. The quantitative estimate of drug-likeness (QED) is 0.476. The second-order valence-corrected chi connectivity index (χ2v) is 4.56. The van der Waals surface area contributed by atoms with E-state index in [1.165, 1.54) is 12.1 Å². The second-order valence-electron chi connectivity index (χ2n) is 2.91. The van der Waals surface area contributed by atoms with E-state index in [0.717, 1.165) is 7.11 Å². The molecule has 0 amide bonds. The van der Waals surface area contributed by atoms with Crippen LogP contribution in [-0.2, 0) is 20.7 Å². The van der Waals surface area contributed by atoms with Gasteiger partial charge in [0.1, 0.15) is 5.82 Å². The smallest absolute Gasteiger partial charge is 0.374 e. The number of halogens is 3. The van der Waals surface area contributed by atoms with Crippen molar-refractivity contribution in [2.75, 3.05) is 7.11 Å². The molecule has 0 heterocycles. The zero-order chi connectivity index (χ0) is 12.3. The fraction of sp³-hybridized carbons (Fsp3) is 0.200. The molecule has 86 valence electrons. The lowest BCUT2D eigenvalue weighted by atomic mass is 10.1. The molecule has 0 aromatic heterocycles. The van der Waals surface area contributed by atoms with Crippen LogP contribution in [0.25, 0.3) is 0 Å². The molecular weight excluding hydrogens is 347 g/mol. The number of esters is 1. The molecule has 1 aromatic rings. The molecule has 0 radical (unpaired) electrons. The van der Waals surface area contributed by atoms with Gasteiger partial charge in [0.2, 0.25) is 5.78 Å². The van der Waals surface area contributed by atoms with Crippen LogP contribution in [0.1, 0.15) is 5.56 Å². The summed E-state index contributed by atoms with van der Waals surface area (Å²) >= 11 is 6.20. The van der Waals surface area contributed by atoms with E-state index in [0.29, 0.717) is 10.0 Å². The van der Waals surface area contributed by atoms with Crippen molar-refractivity contribution in [2.24, 2.45) is 0 Å². The first-order valence-corrected chi connectivity index (χ1v) is 5.79. The third kappa shape index (κ3) is 2.89. The van der Waals surface area contributed by atoms with Crippen LogP contribution >= 0.6 is 31.9 Å². The van der Waals surface area contributed by atoms with Crippen molar-refractivity contribution in [3.63, 3.8) is 0 Å². The normalized spacial score (nSPS) is 10.0. The Morgan fingerprint density at radius 2 is 2.00 bits per heavy atom. The summed E-state index contributed by atoms with van der Waals surface area (Å²) in [4.78, 5) is 22.2. The number of benzene rings is 1. The Labute approximate surface area is 108 Å². The highest BCUT2D eigenvalue weighted by molar-refractivity contribution is 9.11. The molecular formula is C10H7Br2FO3. The van der Waals surface area contributed by atoms with E-state index in [4.69, 9.17) is 0 Å². The van der Waals surface area contributed by atoms with Gasteiger partial charge in [-0.25, -0.2) is 9.18 Å². The van der Waals surface area contributed by atoms with Crippen LogP contribution < -0.4 is 0 Å². The van der Waals surface area contributed by atoms with Crippen molar-refractivity contribution in [1.82, 2.24) is 0 Å². The molecule has 0 fully saturated rings. The number of carbonyl (C=O) groups is 2. The molecule has 0 atom stereocenters. The molecule has 0 aliphatic rings. The lowest BCUT2D eigenvalue weighted by Gasteiger charge is -2.06. The molecule has 0 aliphatic carbocycles. The molecule has 1 aromatic carbocycles. The van der Waals surface area contributed by atoms with Crippen molar-refractivity contribution in [3.05, 3.63) is 32.5 Å². The zero-order valence-electron chi connectivity index (χ0n) is 8.22. The van der Waals surface area contributed by atoms with Gasteiger partial charge in [-0.3, -0.25) is 4.79 Å². The van der Waals surface area contributed by atoms with Crippen LogP contribution in [0, 0.1) is 5.82 Å². The van der Waals surface area contributed by atoms with Crippen LogP contribution in [-0.4, -0.2) is 18.9 Å². The molecule has 16 heavy (non-hydrogen) atoms. The monoisotopic (exact) mass is 352 g/mol. The highest BCUT2D eigenvalue weighted by atomic mass is 79.9. The largest absolute Gasteiger partial charge is 0.463 e. The number of ether oxygens (including phenoxy) is 1. The maximum atomic E-state index is 13.2. The van der Waals surface area contributed by atoms with Gasteiger partial charge in [0.15, 0.2) is 0 Å². The Balaban J connectivity index is 3.02. The third-order valence-corrected chi connectivity index (χ3v) is 3.49. The van der Waals surface area contributed by atoms with E-state index >= 15 is 0 Å². The zero-order valence-corrected chi connectivity index (χ0v) is 11.4. The summed E-state index contributed by atoms with van der Waals surface area (Å²) in [6, 6.07) is 2.72. The van der Waals surface area contributed by atoms with Crippen molar-refractivity contribution in [1.29, 1.82) is 0 Å². The SMILES string of the molecule is COC(=O)C(=O)Cc1c(Br)ccc(F)c1Br. The van der Waals surface area contributed by atoms with Gasteiger partial charge in [-0.1, -0.05) is 15.9 Å². The van der Waals surface area contributed by atoms with Gasteiger partial charge in [0, 0.05) is 10.9 Å². The number of Topliss-reactive ketones (excluding diaryl/α,β-unsaturated/α-hetero) is 1. The van der Waals surface area contributed by atoms with E-state index in [1.54, 1.807) is 0 Å². The summed E-state index contributed by atoms with van der Waals surface area (Å²) < 4.78 is 18.2. The summed E-state index contributed by atoms with van der Waals surface area (Å²) in [7, 11) is 1.12. The van der Waals surface area contributed by atoms with Crippen molar-refractivity contribution in [3.8, 4) is 0 Å². The fourth-order valence-electron chi connectivity index (χ4n) is 1.08. The van der Waals surface area contributed by atoms with Crippen molar-refractivity contribution in [2.45, 2.75) is 6.42 Å². The number of hydrogen-bond donors (Lipinski definition) is 0. The highest BCUT2D eigenvalue weighted by Gasteiger charge is 2.19. The summed E-state index contributed by atoms with van der Waals surface area (Å²) in [5, 5.41) is 0. The Hall–Kier alpha value is -0.750. The van der Waals surface area contributed by atoms with Crippen LogP contribution in [0.2, 0.25) is 0 Å². The average Bonchev–Trinajstić information content (AvgIpc) is 2.28. The predicted octanol–water partition coefficient (Wildman–Crippen LogP) is 2.64. The van der Waals surface area contributed by atoms with Gasteiger partial charge >= 0.3 is 5.97 Å². The summed E-state index contributed by atoms with van der Waals surface area (Å²) in [5.41, 5.74) is 0.385. The standard InChI is InChI=1S/C10H7Br2FO3/c1-16-10(15)8(14)4-5-6(11)2-3-7(13)9(5)12/h2-3H,4H2,1H3. The van der Waals surface area contributed by atoms with Gasteiger partial charge in [-0.05, 0) is 33.6 Å². The first-order chi connectivity index (χ1) is 7.47. The lowest BCUT2D eigenvalue weighted by molar-refractivity contribution is -0.151. The topological polar surface area (TPSA) is 43.4 Å². The van der Waals surface area contributed by atoms with Gasteiger partial charge in [-0.2, -0.15) is 0 Å². The Morgan fingerprint density at radius 3 is 2.56 bits per heavy atom. The van der Waals surface area contributed by atoms with Gasteiger partial charge in [0.05, 0.1) is 11.6 Å². The van der Waals surface area contributed by atoms with Crippen LogP contribution in [0.5, 0.6) is 0 Å². The van der Waals surface area contributed by atoms with Crippen molar-refractivity contribution < 1.29 is 18.7 Å². The number of rotatable bonds is 3. The Bertz CT molecular complexity index is 446. The Kier molecular flexibility index (Phi) is 4.61. The molecule has 0 saturated carbocycles. The minimum atomic E-state index is -0.942. The molecule has 0 unspecified atom stereocenters. The second kappa shape index (κ2) is 5.54. The Morgan fingerprint density at radius 1 is 1.38 bits per heavy atom. The molecule has 1 rings (SSSR count). The van der Waals surface area contributed by atoms with E-state index in [9.17, 15) is 14.0 Å². The van der Waals surface area contributed by atoms with Gasteiger partial charge in [0.25, 0.3) is 0 Å². The first-order valence-electron chi connectivity index (χ1n) is 4.21. The molecule has 3 nitrogen and oxygen atoms in total. The van der Waals surface area contributed by atoms with E-state index in [1.807, 2.05) is 0 Å². The van der Waals surface area contributed by atoms with Gasteiger partial charge < -0.3 is 4.74 Å². The van der Waals surface area contributed by atoms with E-state index < -0.39 is 17.6 Å². The first kappa shape index (κ1) is 13.3. The molecule has 0 N–H and O–H groups in total. The lowest BCUT2D eigenvalue weighted by Crippen LogP contribution is -2.18. The summed E-state index contributed by atoms with van der Waals surface area (Å²) in [5.74, 6) is -2.16. The van der Waals surface area contributed by atoms with Crippen LogP contribution in [0.15, 0.2) is 21.1 Å². The molecule has 0 saturated heterocycles. The van der Waals surface area contributed by atoms with Crippen LogP contribution in [0.3, 0.4) is 0 Å². The predicted molar refractivity (Wildman–Crippen MR) is 62.5 cm³/mol. The van der Waals surface area contributed by atoms with Crippen LogP contribution in [0.4, 0.5) is 4.39 Å². The number of hydrogen-bond acceptors (Lipinski definition) is 3. The minimum Gasteiger partial charge on any atom is -0.463 e. The van der Waals surface area contributed by atoms with Crippen molar-refractivity contribution >= 4 is 43.6 Å². The molecule has 0 bridgehead atoms. The number of carbonyl (C=O) groups excluding carboxylic acids is 2.